The number of hydrazine groups is 1. The SMILES string of the molecule is COc1ccc(CNNc2ccccc2)cc1COc1ccc2cccnc2c1. The van der Waals surface area contributed by atoms with Crippen LogP contribution < -0.4 is 20.3 Å². The van der Waals surface area contributed by atoms with E-state index in [-0.39, 0.29) is 0 Å². The number of ether oxygens (including phenoxy) is 2. The van der Waals surface area contributed by atoms with Crippen molar-refractivity contribution >= 4 is 16.6 Å². The standard InChI is InChI=1S/C24H23N3O2/c1-28-24-12-9-18(16-26-27-21-7-3-2-4-8-21)14-20(24)17-29-22-11-10-19-6-5-13-25-23(19)15-22/h2-15,26-27H,16-17H2,1H3. The molecule has 1 aromatic heterocycles. The zero-order chi connectivity index (χ0) is 19.9. The first-order valence-corrected chi connectivity index (χ1v) is 9.49. The van der Waals surface area contributed by atoms with Gasteiger partial charge in [0.25, 0.3) is 0 Å². The first-order valence-electron chi connectivity index (χ1n) is 9.49. The van der Waals surface area contributed by atoms with Crippen molar-refractivity contribution in [2.24, 2.45) is 0 Å². The molecular weight excluding hydrogens is 362 g/mol. The van der Waals surface area contributed by atoms with Gasteiger partial charge in [0.15, 0.2) is 0 Å². The second-order valence-electron chi connectivity index (χ2n) is 6.64. The molecule has 29 heavy (non-hydrogen) atoms. The molecule has 0 saturated carbocycles. The number of nitrogens with zero attached hydrogens (tertiary/aromatic N) is 1. The van der Waals surface area contributed by atoms with Gasteiger partial charge in [-0.2, -0.15) is 0 Å². The predicted molar refractivity (Wildman–Crippen MR) is 116 cm³/mol. The smallest absolute Gasteiger partial charge is 0.125 e. The van der Waals surface area contributed by atoms with E-state index in [9.17, 15) is 0 Å². The Morgan fingerprint density at radius 1 is 0.897 bits per heavy atom. The first-order chi connectivity index (χ1) is 14.3. The van der Waals surface area contributed by atoms with Gasteiger partial charge in [-0.15, -0.1) is 0 Å². The van der Waals surface area contributed by atoms with E-state index in [2.05, 4.69) is 21.9 Å². The third kappa shape index (κ3) is 4.83. The average Bonchev–Trinajstić information content (AvgIpc) is 2.78. The summed E-state index contributed by atoms with van der Waals surface area (Å²) in [7, 11) is 1.67. The van der Waals surface area contributed by atoms with Gasteiger partial charge in [0.1, 0.15) is 18.1 Å². The molecule has 0 aliphatic rings. The molecule has 0 bridgehead atoms. The molecule has 3 aromatic carbocycles. The Bertz CT molecular complexity index is 1080. The number of para-hydroxylation sites is 1. The number of anilines is 1. The highest BCUT2D eigenvalue weighted by atomic mass is 16.5. The molecule has 0 aliphatic carbocycles. The van der Waals surface area contributed by atoms with E-state index < -0.39 is 0 Å². The number of hydrogen-bond acceptors (Lipinski definition) is 5. The second kappa shape index (κ2) is 9.08. The van der Waals surface area contributed by atoms with E-state index >= 15 is 0 Å². The van der Waals surface area contributed by atoms with Gasteiger partial charge < -0.3 is 14.9 Å². The van der Waals surface area contributed by atoms with Crippen molar-refractivity contribution < 1.29 is 9.47 Å². The van der Waals surface area contributed by atoms with Crippen LogP contribution in [-0.2, 0) is 13.2 Å². The fourth-order valence-corrected chi connectivity index (χ4v) is 3.12. The van der Waals surface area contributed by atoms with Crippen LogP contribution in [0, 0.1) is 0 Å². The van der Waals surface area contributed by atoms with E-state index in [0.29, 0.717) is 13.2 Å². The molecule has 146 valence electrons. The number of benzene rings is 3. The molecule has 5 heteroatoms. The fourth-order valence-electron chi connectivity index (χ4n) is 3.12. The summed E-state index contributed by atoms with van der Waals surface area (Å²) in [6.45, 7) is 1.09. The highest BCUT2D eigenvalue weighted by Gasteiger charge is 2.07. The molecule has 0 radical (unpaired) electrons. The Morgan fingerprint density at radius 3 is 2.66 bits per heavy atom. The van der Waals surface area contributed by atoms with Gasteiger partial charge in [-0.05, 0) is 48.0 Å². The van der Waals surface area contributed by atoms with Crippen LogP contribution in [-0.4, -0.2) is 12.1 Å². The van der Waals surface area contributed by atoms with Crippen molar-refractivity contribution in [3.63, 3.8) is 0 Å². The van der Waals surface area contributed by atoms with Crippen LogP contribution in [0.2, 0.25) is 0 Å². The summed E-state index contributed by atoms with van der Waals surface area (Å²) in [6.07, 6.45) is 1.79. The van der Waals surface area contributed by atoms with Crippen molar-refractivity contribution in [1.29, 1.82) is 0 Å². The minimum absolute atomic E-state index is 0.418. The number of nitrogens with one attached hydrogen (secondary N) is 2. The van der Waals surface area contributed by atoms with Crippen molar-refractivity contribution in [2.45, 2.75) is 13.2 Å². The van der Waals surface area contributed by atoms with E-state index in [0.717, 1.165) is 39.2 Å². The third-order valence-electron chi connectivity index (χ3n) is 4.62. The van der Waals surface area contributed by atoms with Gasteiger partial charge in [0.2, 0.25) is 0 Å². The van der Waals surface area contributed by atoms with E-state index in [1.54, 1.807) is 13.3 Å². The second-order valence-corrected chi connectivity index (χ2v) is 6.64. The topological polar surface area (TPSA) is 55.4 Å². The molecule has 2 N–H and O–H groups in total. The van der Waals surface area contributed by atoms with Crippen LogP contribution in [0.4, 0.5) is 5.69 Å². The van der Waals surface area contributed by atoms with E-state index in [1.165, 1.54) is 0 Å². The third-order valence-corrected chi connectivity index (χ3v) is 4.62. The lowest BCUT2D eigenvalue weighted by Gasteiger charge is -2.13. The van der Waals surface area contributed by atoms with Crippen molar-refractivity contribution in [3.8, 4) is 11.5 Å². The van der Waals surface area contributed by atoms with Crippen molar-refractivity contribution in [3.05, 3.63) is 96.2 Å². The highest BCUT2D eigenvalue weighted by Crippen LogP contribution is 2.24. The van der Waals surface area contributed by atoms with Gasteiger partial charge in [0, 0.05) is 35.4 Å². The largest absolute Gasteiger partial charge is 0.496 e. The van der Waals surface area contributed by atoms with Gasteiger partial charge in [-0.25, -0.2) is 5.43 Å². The molecule has 5 nitrogen and oxygen atoms in total. The molecule has 4 rings (SSSR count). The van der Waals surface area contributed by atoms with Crippen LogP contribution in [0.25, 0.3) is 10.9 Å². The molecule has 0 amide bonds. The Labute approximate surface area is 170 Å². The van der Waals surface area contributed by atoms with Gasteiger partial charge >= 0.3 is 0 Å². The summed E-state index contributed by atoms with van der Waals surface area (Å²) in [5, 5.41) is 1.09. The predicted octanol–water partition coefficient (Wildman–Crippen LogP) is 4.94. The molecule has 0 atom stereocenters. The minimum Gasteiger partial charge on any atom is -0.496 e. The number of rotatable bonds is 8. The van der Waals surface area contributed by atoms with Crippen LogP contribution in [0.15, 0.2) is 85.1 Å². The summed E-state index contributed by atoms with van der Waals surface area (Å²) in [4.78, 5) is 4.38. The number of aromatic nitrogens is 1. The molecule has 4 aromatic rings. The van der Waals surface area contributed by atoms with E-state index in [1.807, 2.05) is 72.8 Å². The zero-order valence-corrected chi connectivity index (χ0v) is 16.3. The maximum absolute atomic E-state index is 6.02. The lowest BCUT2D eigenvalue weighted by atomic mass is 10.1. The van der Waals surface area contributed by atoms with Crippen LogP contribution >= 0.6 is 0 Å². The van der Waals surface area contributed by atoms with Crippen molar-refractivity contribution in [1.82, 2.24) is 10.4 Å². The highest BCUT2D eigenvalue weighted by molar-refractivity contribution is 5.79. The summed E-state index contributed by atoms with van der Waals surface area (Å²) in [5.41, 5.74) is 10.5. The molecule has 1 heterocycles. The average molecular weight is 385 g/mol. The maximum atomic E-state index is 6.02. The van der Waals surface area contributed by atoms with Gasteiger partial charge in [-0.1, -0.05) is 30.3 Å². The fraction of sp³-hybridized carbons (Fsp3) is 0.125. The first kappa shape index (κ1) is 18.8. The zero-order valence-electron chi connectivity index (χ0n) is 16.3. The monoisotopic (exact) mass is 385 g/mol. The summed E-state index contributed by atoms with van der Waals surface area (Å²) < 4.78 is 11.5. The Balaban J connectivity index is 1.42. The summed E-state index contributed by atoms with van der Waals surface area (Å²) >= 11 is 0. The van der Waals surface area contributed by atoms with Crippen LogP contribution in [0.5, 0.6) is 11.5 Å². The molecule has 0 saturated heterocycles. The lowest BCUT2D eigenvalue weighted by molar-refractivity contribution is 0.297. The number of pyridine rings is 1. The molecule has 0 unspecified atom stereocenters. The summed E-state index contributed by atoms with van der Waals surface area (Å²) in [5.74, 6) is 1.59. The Morgan fingerprint density at radius 2 is 1.79 bits per heavy atom. The van der Waals surface area contributed by atoms with Crippen LogP contribution in [0.1, 0.15) is 11.1 Å². The number of hydrogen-bond donors (Lipinski definition) is 2. The van der Waals surface area contributed by atoms with Crippen LogP contribution in [0.3, 0.4) is 0 Å². The molecule has 0 aliphatic heterocycles. The number of methoxy groups -OCH3 is 1. The Hall–Kier alpha value is -3.57. The normalized spacial score (nSPS) is 10.7. The molecule has 0 spiro atoms. The Kier molecular flexibility index (Phi) is 5.88. The number of fused-ring (bicyclic) bond motifs is 1. The summed E-state index contributed by atoms with van der Waals surface area (Å²) in [6, 6.07) is 26.0. The molecule has 0 fully saturated rings. The van der Waals surface area contributed by atoms with Crippen molar-refractivity contribution in [2.75, 3.05) is 12.5 Å². The van der Waals surface area contributed by atoms with Gasteiger partial charge in [0.05, 0.1) is 12.6 Å². The minimum atomic E-state index is 0.418. The quantitative estimate of drug-likeness (QED) is 0.421. The molecular formula is C24H23N3O2. The van der Waals surface area contributed by atoms with E-state index in [4.69, 9.17) is 9.47 Å². The lowest BCUT2D eigenvalue weighted by Crippen LogP contribution is -2.20. The maximum Gasteiger partial charge on any atom is 0.125 e. The van der Waals surface area contributed by atoms with Gasteiger partial charge in [-0.3, -0.25) is 4.98 Å².